The van der Waals surface area contributed by atoms with Crippen molar-refractivity contribution in [2.45, 2.75) is 25.5 Å². The third kappa shape index (κ3) is 3.42. The third-order valence-corrected chi connectivity index (χ3v) is 4.79. The smallest absolute Gasteiger partial charge is 0.341 e. The Morgan fingerprint density at radius 3 is 2.41 bits per heavy atom. The first-order valence-electron chi connectivity index (χ1n) is 7.84. The van der Waals surface area contributed by atoms with Gasteiger partial charge in [-0.15, -0.1) is 0 Å². The van der Waals surface area contributed by atoms with Gasteiger partial charge in [0, 0.05) is 26.7 Å². The molecule has 2 atom stereocenters. The fourth-order valence-corrected chi connectivity index (χ4v) is 3.88. The molecule has 1 heterocycles. The maximum Gasteiger partial charge on any atom is 0.341 e. The van der Waals surface area contributed by atoms with Gasteiger partial charge < -0.3 is 14.6 Å². The van der Waals surface area contributed by atoms with Crippen molar-refractivity contribution in [2.24, 2.45) is 11.8 Å². The highest BCUT2D eigenvalue weighted by Crippen LogP contribution is 2.38. The van der Waals surface area contributed by atoms with E-state index in [2.05, 4.69) is 4.90 Å². The molecule has 1 aliphatic carbocycles. The average molecular weight is 305 g/mol. The molecule has 22 heavy (non-hydrogen) atoms. The van der Waals surface area contributed by atoms with E-state index >= 15 is 0 Å². The number of aliphatic carboxylic acids is 1. The van der Waals surface area contributed by atoms with Crippen LogP contribution < -0.4 is 4.74 Å². The van der Waals surface area contributed by atoms with Crippen LogP contribution in [0.4, 0.5) is 0 Å². The second kappa shape index (κ2) is 6.67. The molecule has 5 heteroatoms. The first-order valence-corrected chi connectivity index (χ1v) is 7.84. The quantitative estimate of drug-likeness (QED) is 0.871. The molecule has 0 aromatic heterocycles. The number of carboxylic acids is 1. The van der Waals surface area contributed by atoms with Crippen LogP contribution in [0.5, 0.6) is 5.75 Å². The lowest BCUT2D eigenvalue weighted by molar-refractivity contribution is -0.139. The van der Waals surface area contributed by atoms with E-state index in [-0.39, 0.29) is 6.61 Å². The van der Waals surface area contributed by atoms with Gasteiger partial charge in [-0.25, -0.2) is 4.79 Å². The van der Waals surface area contributed by atoms with Gasteiger partial charge in [-0.3, -0.25) is 4.90 Å². The summed E-state index contributed by atoms with van der Waals surface area (Å²) in [4.78, 5) is 13.0. The van der Waals surface area contributed by atoms with Gasteiger partial charge in [0.1, 0.15) is 5.75 Å². The van der Waals surface area contributed by atoms with E-state index in [1.54, 1.807) is 0 Å². The van der Waals surface area contributed by atoms with Crippen molar-refractivity contribution < 1.29 is 19.4 Å². The fourth-order valence-electron chi connectivity index (χ4n) is 3.88. The van der Waals surface area contributed by atoms with E-state index < -0.39 is 5.97 Å². The number of hydrogen-bond acceptors (Lipinski definition) is 4. The summed E-state index contributed by atoms with van der Waals surface area (Å²) in [6, 6.07) is 7.71. The van der Waals surface area contributed by atoms with E-state index in [1.807, 2.05) is 31.4 Å². The molecule has 1 saturated carbocycles. The molecule has 1 saturated heterocycles. The van der Waals surface area contributed by atoms with Crippen molar-refractivity contribution >= 4 is 5.97 Å². The monoisotopic (exact) mass is 305 g/mol. The number of piperidine rings is 1. The van der Waals surface area contributed by atoms with Gasteiger partial charge in [0.25, 0.3) is 0 Å². The van der Waals surface area contributed by atoms with Gasteiger partial charge in [0.15, 0.2) is 6.61 Å². The fraction of sp³-hybridized carbons (Fsp3) is 0.588. The predicted molar refractivity (Wildman–Crippen MR) is 81.9 cm³/mol. The van der Waals surface area contributed by atoms with Crippen LogP contribution in [0, 0.1) is 11.8 Å². The zero-order valence-electron chi connectivity index (χ0n) is 12.9. The second-order valence-electron chi connectivity index (χ2n) is 6.32. The van der Waals surface area contributed by atoms with Crippen LogP contribution in [0.15, 0.2) is 24.3 Å². The van der Waals surface area contributed by atoms with Gasteiger partial charge in [-0.05, 0) is 42.4 Å². The van der Waals surface area contributed by atoms with Crippen LogP contribution in [0.2, 0.25) is 0 Å². The molecule has 1 N–H and O–H groups in total. The third-order valence-electron chi connectivity index (χ3n) is 4.79. The molecule has 120 valence electrons. The van der Waals surface area contributed by atoms with Crippen molar-refractivity contribution in [3.8, 4) is 5.75 Å². The molecule has 0 radical (unpaired) electrons. The molecule has 2 bridgehead atoms. The summed E-state index contributed by atoms with van der Waals surface area (Å²) < 4.78 is 10.8. The van der Waals surface area contributed by atoms with E-state index in [0.29, 0.717) is 23.7 Å². The number of methoxy groups -OCH3 is 1. The number of rotatable bonds is 6. The van der Waals surface area contributed by atoms with Crippen LogP contribution >= 0.6 is 0 Å². The average Bonchev–Trinajstić information content (AvgIpc) is 2.76. The molecular formula is C17H23NO4. The molecule has 5 nitrogen and oxygen atoms in total. The Morgan fingerprint density at radius 1 is 1.23 bits per heavy atom. The highest BCUT2D eigenvalue weighted by Gasteiger charge is 2.41. The molecule has 2 unspecified atom stereocenters. The molecule has 0 amide bonds. The predicted octanol–water partition coefficient (Wildman–Crippen LogP) is 2.01. The number of fused-ring (bicyclic) bond motifs is 2. The minimum absolute atomic E-state index is 0.298. The molecule has 2 aliphatic rings. The molecule has 1 aliphatic heterocycles. The van der Waals surface area contributed by atoms with Gasteiger partial charge in [-0.1, -0.05) is 12.1 Å². The van der Waals surface area contributed by atoms with E-state index in [1.165, 1.54) is 18.4 Å². The molecule has 0 spiro atoms. The van der Waals surface area contributed by atoms with Crippen molar-refractivity contribution in [2.75, 3.05) is 26.8 Å². The minimum Gasteiger partial charge on any atom is -0.482 e. The number of carboxylic acid groups (broad SMARTS) is 1. The molecule has 3 rings (SSSR count). The lowest BCUT2D eigenvalue weighted by Crippen LogP contribution is -2.44. The number of carbonyl (C=O) groups is 1. The molecule has 1 aromatic rings. The Hall–Kier alpha value is -1.59. The highest BCUT2D eigenvalue weighted by molar-refractivity contribution is 5.68. The van der Waals surface area contributed by atoms with Crippen molar-refractivity contribution in [1.82, 2.24) is 4.90 Å². The Morgan fingerprint density at radius 2 is 1.86 bits per heavy atom. The standard InChI is InChI=1S/C17H23NO4/c1-21-17-13-4-5-14(17)10-18(9-13)8-12-2-6-15(7-3-12)22-11-16(19)20/h2-3,6-7,13-14,17H,4-5,8-11H2,1H3,(H,19,20). The van der Waals surface area contributed by atoms with Gasteiger partial charge in [0.05, 0.1) is 6.10 Å². The van der Waals surface area contributed by atoms with E-state index in [0.717, 1.165) is 19.6 Å². The largest absolute Gasteiger partial charge is 0.482 e. The van der Waals surface area contributed by atoms with Crippen LogP contribution in [-0.2, 0) is 16.1 Å². The van der Waals surface area contributed by atoms with Crippen LogP contribution in [0.25, 0.3) is 0 Å². The zero-order chi connectivity index (χ0) is 15.5. The first-order chi connectivity index (χ1) is 10.7. The number of likely N-dealkylation sites (tertiary alicyclic amines) is 1. The summed E-state index contributed by atoms with van der Waals surface area (Å²) in [5.74, 6) is 0.980. The summed E-state index contributed by atoms with van der Waals surface area (Å²) in [6.07, 6.45) is 3.01. The van der Waals surface area contributed by atoms with E-state index in [9.17, 15) is 4.79 Å². The highest BCUT2D eigenvalue weighted by atomic mass is 16.5. The Labute approximate surface area is 130 Å². The summed E-state index contributed by atoms with van der Waals surface area (Å²) in [6.45, 7) is 2.84. The van der Waals surface area contributed by atoms with Crippen molar-refractivity contribution in [3.05, 3.63) is 29.8 Å². The lowest BCUT2D eigenvalue weighted by Gasteiger charge is -2.37. The molecule has 2 fully saturated rings. The summed E-state index contributed by atoms with van der Waals surface area (Å²) in [7, 11) is 1.83. The maximum atomic E-state index is 10.5. The summed E-state index contributed by atoms with van der Waals surface area (Å²) in [5.41, 5.74) is 1.23. The number of benzene rings is 1. The summed E-state index contributed by atoms with van der Waals surface area (Å²) in [5, 5.41) is 8.60. The Kier molecular flexibility index (Phi) is 4.64. The zero-order valence-corrected chi connectivity index (χ0v) is 12.9. The number of nitrogens with zero attached hydrogens (tertiary/aromatic N) is 1. The second-order valence-corrected chi connectivity index (χ2v) is 6.32. The van der Waals surface area contributed by atoms with Crippen molar-refractivity contribution in [3.63, 3.8) is 0 Å². The first kappa shape index (κ1) is 15.3. The maximum absolute atomic E-state index is 10.5. The van der Waals surface area contributed by atoms with Gasteiger partial charge >= 0.3 is 5.97 Å². The topological polar surface area (TPSA) is 59.0 Å². The number of hydrogen-bond donors (Lipinski definition) is 1. The van der Waals surface area contributed by atoms with Crippen LogP contribution in [0.3, 0.4) is 0 Å². The van der Waals surface area contributed by atoms with Gasteiger partial charge in [-0.2, -0.15) is 0 Å². The van der Waals surface area contributed by atoms with Gasteiger partial charge in [0.2, 0.25) is 0 Å². The minimum atomic E-state index is -0.958. The normalized spacial score (nSPS) is 27.8. The van der Waals surface area contributed by atoms with Crippen LogP contribution in [-0.4, -0.2) is 48.9 Å². The van der Waals surface area contributed by atoms with E-state index in [4.69, 9.17) is 14.6 Å². The Balaban J connectivity index is 1.54. The SMILES string of the molecule is COC1C2CCC1CN(Cc1ccc(OCC(=O)O)cc1)C2. The summed E-state index contributed by atoms with van der Waals surface area (Å²) >= 11 is 0. The number of ether oxygens (including phenoxy) is 2. The van der Waals surface area contributed by atoms with Crippen molar-refractivity contribution in [1.29, 1.82) is 0 Å². The molecule has 1 aromatic carbocycles. The Bertz CT molecular complexity index is 502. The van der Waals surface area contributed by atoms with Crippen LogP contribution in [0.1, 0.15) is 18.4 Å². The lowest BCUT2D eigenvalue weighted by atomic mass is 9.94. The molecular weight excluding hydrogens is 282 g/mol.